The Bertz CT molecular complexity index is 371. The van der Waals surface area contributed by atoms with E-state index < -0.39 is 0 Å². The Hall–Kier alpha value is -0.810. The molecule has 0 unspecified atom stereocenters. The van der Waals surface area contributed by atoms with Gasteiger partial charge in [0.05, 0.1) is 12.0 Å². The van der Waals surface area contributed by atoms with E-state index in [0.717, 1.165) is 24.0 Å². The number of nitrogens with two attached hydrogens (primary N) is 1. The molecule has 90 valence electrons. The maximum absolute atomic E-state index is 5.81. The first-order chi connectivity index (χ1) is 7.60. The first-order valence-electron chi connectivity index (χ1n) is 5.51. The Balaban J connectivity index is 2.19. The molecule has 2 N–H and O–H groups in total. The van der Waals surface area contributed by atoms with Gasteiger partial charge in [-0.05, 0) is 31.2 Å². The zero-order valence-electron chi connectivity index (χ0n) is 10.1. The molecule has 0 atom stereocenters. The van der Waals surface area contributed by atoms with Gasteiger partial charge < -0.3 is 15.4 Å². The predicted molar refractivity (Wildman–Crippen MR) is 67.4 cm³/mol. The molecule has 0 saturated heterocycles. The van der Waals surface area contributed by atoms with Gasteiger partial charge in [-0.2, -0.15) is 4.98 Å². The van der Waals surface area contributed by atoms with Crippen LogP contribution in [0.2, 0.25) is 0 Å². The van der Waals surface area contributed by atoms with Crippen LogP contribution in [-0.2, 0) is 6.42 Å². The molecule has 0 amide bonds. The fourth-order valence-corrected chi connectivity index (χ4v) is 2.88. The first-order valence-corrected chi connectivity index (χ1v) is 6.33. The van der Waals surface area contributed by atoms with Crippen LogP contribution in [0.4, 0.5) is 5.13 Å². The van der Waals surface area contributed by atoms with Crippen molar-refractivity contribution in [3.8, 4) is 5.88 Å². The average Bonchev–Trinajstić information content (AvgIpc) is 2.91. The highest BCUT2D eigenvalue weighted by molar-refractivity contribution is 7.15. The molecule has 1 saturated carbocycles. The van der Waals surface area contributed by atoms with Crippen LogP contribution < -0.4 is 15.4 Å². The molecule has 0 bridgehead atoms. The van der Waals surface area contributed by atoms with Crippen molar-refractivity contribution < 1.29 is 4.74 Å². The lowest BCUT2D eigenvalue weighted by Gasteiger charge is -2.10. The van der Waals surface area contributed by atoms with Gasteiger partial charge in [-0.15, -0.1) is 0 Å². The summed E-state index contributed by atoms with van der Waals surface area (Å²) in [5.74, 6) is 0.772. The lowest BCUT2D eigenvalue weighted by Crippen LogP contribution is -2.17. The van der Waals surface area contributed by atoms with Crippen LogP contribution in [0, 0.1) is 5.41 Å². The van der Waals surface area contributed by atoms with E-state index in [2.05, 4.69) is 4.98 Å². The number of anilines is 1. The number of thiazole rings is 1. The van der Waals surface area contributed by atoms with Gasteiger partial charge in [0, 0.05) is 14.1 Å². The van der Waals surface area contributed by atoms with E-state index in [9.17, 15) is 0 Å². The molecule has 1 heterocycles. The standard InChI is InChI=1S/C11H19N3OS/c1-14(2)10-13-9(15-3)8(16-10)6-11(7-12)4-5-11/h4-7,12H2,1-3H3. The minimum absolute atomic E-state index is 0.337. The highest BCUT2D eigenvalue weighted by Gasteiger charge is 2.42. The smallest absolute Gasteiger partial charge is 0.229 e. The number of ether oxygens (including phenoxy) is 1. The summed E-state index contributed by atoms with van der Waals surface area (Å²) in [7, 11) is 5.68. The zero-order chi connectivity index (χ0) is 11.8. The molecule has 0 radical (unpaired) electrons. The van der Waals surface area contributed by atoms with Gasteiger partial charge in [-0.1, -0.05) is 11.3 Å². The zero-order valence-corrected chi connectivity index (χ0v) is 10.9. The van der Waals surface area contributed by atoms with Crippen molar-refractivity contribution in [2.45, 2.75) is 19.3 Å². The third-order valence-electron chi connectivity index (χ3n) is 3.15. The van der Waals surface area contributed by atoms with Crippen LogP contribution in [0.5, 0.6) is 5.88 Å². The van der Waals surface area contributed by atoms with Gasteiger partial charge in [0.1, 0.15) is 0 Å². The second kappa shape index (κ2) is 4.22. The van der Waals surface area contributed by atoms with Gasteiger partial charge in [0.25, 0.3) is 0 Å². The van der Waals surface area contributed by atoms with E-state index in [4.69, 9.17) is 10.5 Å². The molecule has 5 heteroatoms. The third kappa shape index (κ3) is 2.15. The molecular weight excluding hydrogens is 222 g/mol. The van der Waals surface area contributed by atoms with Crippen molar-refractivity contribution in [3.63, 3.8) is 0 Å². The second-order valence-electron chi connectivity index (χ2n) is 4.70. The number of hydrogen-bond donors (Lipinski definition) is 1. The minimum atomic E-state index is 0.337. The molecular formula is C11H19N3OS. The summed E-state index contributed by atoms with van der Waals surface area (Å²) in [6, 6.07) is 0. The molecule has 16 heavy (non-hydrogen) atoms. The third-order valence-corrected chi connectivity index (χ3v) is 4.36. The molecule has 1 aromatic heterocycles. The predicted octanol–water partition coefficient (Wildman–Crippen LogP) is 1.50. The lowest BCUT2D eigenvalue weighted by molar-refractivity contribution is 0.390. The Labute approximate surface area is 100 Å². The Morgan fingerprint density at radius 3 is 2.62 bits per heavy atom. The van der Waals surface area contributed by atoms with E-state index in [1.165, 1.54) is 17.7 Å². The van der Waals surface area contributed by atoms with Gasteiger partial charge >= 0.3 is 0 Å². The van der Waals surface area contributed by atoms with Crippen molar-refractivity contribution >= 4 is 16.5 Å². The summed E-state index contributed by atoms with van der Waals surface area (Å²) in [5.41, 5.74) is 6.14. The maximum Gasteiger partial charge on any atom is 0.229 e. The summed E-state index contributed by atoms with van der Waals surface area (Å²) < 4.78 is 5.33. The fraction of sp³-hybridized carbons (Fsp3) is 0.727. The van der Waals surface area contributed by atoms with E-state index in [0.29, 0.717) is 5.41 Å². The van der Waals surface area contributed by atoms with Crippen LogP contribution in [0.1, 0.15) is 17.7 Å². The monoisotopic (exact) mass is 241 g/mol. The summed E-state index contributed by atoms with van der Waals surface area (Å²) in [6.45, 7) is 0.769. The van der Waals surface area contributed by atoms with E-state index in [-0.39, 0.29) is 0 Å². The summed E-state index contributed by atoms with van der Waals surface area (Å²) in [6.07, 6.45) is 3.49. The lowest BCUT2D eigenvalue weighted by atomic mass is 10.0. The molecule has 2 rings (SSSR count). The van der Waals surface area contributed by atoms with Gasteiger partial charge in [-0.3, -0.25) is 0 Å². The van der Waals surface area contributed by atoms with Crippen LogP contribution in [0.3, 0.4) is 0 Å². The highest BCUT2D eigenvalue weighted by atomic mass is 32.1. The van der Waals surface area contributed by atoms with Gasteiger partial charge in [0.2, 0.25) is 5.88 Å². The van der Waals surface area contributed by atoms with Crippen LogP contribution in [0.25, 0.3) is 0 Å². The molecule has 1 aromatic rings. The van der Waals surface area contributed by atoms with Crippen molar-refractivity contribution in [1.29, 1.82) is 0 Å². The van der Waals surface area contributed by atoms with Crippen LogP contribution in [-0.4, -0.2) is 32.7 Å². The minimum Gasteiger partial charge on any atom is -0.480 e. The summed E-state index contributed by atoms with van der Waals surface area (Å²) in [4.78, 5) is 7.70. The van der Waals surface area contributed by atoms with Crippen molar-refractivity contribution in [3.05, 3.63) is 4.88 Å². The van der Waals surface area contributed by atoms with Crippen LogP contribution in [0.15, 0.2) is 0 Å². The van der Waals surface area contributed by atoms with E-state index in [1.807, 2.05) is 19.0 Å². The SMILES string of the molecule is COc1nc(N(C)C)sc1CC1(CN)CC1. The number of rotatable bonds is 5. The number of methoxy groups -OCH3 is 1. The Morgan fingerprint density at radius 2 is 2.19 bits per heavy atom. The van der Waals surface area contributed by atoms with E-state index in [1.54, 1.807) is 18.4 Å². The van der Waals surface area contributed by atoms with Gasteiger partial charge in [-0.25, -0.2) is 0 Å². The molecule has 1 fully saturated rings. The molecule has 0 aromatic carbocycles. The largest absolute Gasteiger partial charge is 0.480 e. The molecule has 1 aliphatic rings. The van der Waals surface area contributed by atoms with Crippen molar-refractivity contribution in [1.82, 2.24) is 4.98 Å². The highest BCUT2D eigenvalue weighted by Crippen LogP contribution is 2.49. The molecule has 4 nitrogen and oxygen atoms in total. The van der Waals surface area contributed by atoms with Crippen molar-refractivity contribution in [2.75, 3.05) is 32.6 Å². The average molecular weight is 241 g/mol. The second-order valence-corrected chi connectivity index (χ2v) is 5.77. The normalized spacial score (nSPS) is 17.2. The molecule has 0 aliphatic heterocycles. The first kappa shape index (κ1) is 11.7. The number of aromatic nitrogens is 1. The van der Waals surface area contributed by atoms with Crippen LogP contribution >= 0.6 is 11.3 Å². The number of nitrogens with zero attached hydrogens (tertiary/aromatic N) is 2. The van der Waals surface area contributed by atoms with E-state index >= 15 is 0 Å². The maximum atomic E-state index is 5.81. The summed E-state index contributed by atoms with van der Waals surface area (Å²) >= 11 is 1.71. The molecule has 1 aliphatic carbocycles. The van der Waals surface area contributed by atoms with Gasteiger partial charge in [0.15, 0.2) is 5.13 Å². The van der Waals surface area contributed by atoms with Crippen molar-refractivity contribution in [2.24, 2.45) is 11.1 Å². The molecule has 0 spiro atoms. The fourth-order valence-electron chi connectivity index (χ4n) is 1.76. The Kier molecular flexibility index (Phi) is 3.08. The quantitative estimate of drug-likeness (QED) is 0.849. The topological polar surface area (TPSA) is 51.4 Å². The summed E-state index contributed by atoms with van der Waals surface area (Å²) in [5, 5.41) is 1.000. The Morgan fingerprint density at radius 1 is 1.50 bits per heavy atom. The number of hydrogen-bond acceptors (Lipinski definition) is 5.